The van der Waals surface area contributed by atoms with Gasteiger partial charge in [-0.1, -0.05) is 0 Å². The Morgan fingerprint density at radius 2 is 2.18 bits per heavy atom. The summed E-state index contributed by atoms with van der Waals surface area (Å²) in [4.78, 5) is 2.53. The first-order valence-electron chi connectivity index (χ1n) is 6.53. The Bertz CT molecular complexity index is 383. The van der Waals surface area contributed by atoms with Crippen molar-refractivity contribution >= 4 is 0 Å². The number of nitrogens with two attached hydrogens (primary N) is 1. The first-order chi connectivity index (χ1) is 8.11. The molecule has 1 aromatic heterocycles. The third kappa shape index (κ3) is 2.69. The van der Waals surface area contributed by atoms with Crippen molar-refractivity contribution < 1.29 is 0 Å². The maximum Gasteiger partial charge on any atom is 0.0641 e. The van der Waals surface area contributed by atoms with E-state index in [0.717, 1.165) is 19.6 Å². The Balaban J connectivity index is 2.05. The minimum absolute atomic E-state index is 0.682. The molecular formula is C13H24N4. The van der Waals surface area contributed by atoms with Crippen molar-refractivity contribution in [2.45, 2.75) is 33.2 Å². The third-order valence-electron chi connectivity index (χ3n) is 3.98. The summed E-state index contributed by atoms with van der Waals surface area (Å²) in [7, 11) is 2.02. The van der Waals surface area contributed by atoms with Crippen LogP contribution >= 0.6 is 0 Å². The Morgan fingerprint density at radius 1 is 1.41 bits per heavy atom. The zero-order chi connectivity index (χ0) is 12.4. The number of aromatic nitrogens is 2. The van der Waals surface area contributed by atoms with Crippen LogP contribution in [0.4, 0.5) is 0 Å². The number of piperidine rings is 1. The standard InChI is InChI=1S/C13H24N4/c1-10-13(11(2)16(3)15-10)9-17-6-4-5-12(7-14)8-17/h12H,4-9,14H2,1-3H3/t12-/m0/s1. The normalized spacial score (nSPS) is 22.0. The van der Waals surface area contributed by atoms with E-state index in [4.69, 9.17) is 5.73 Å². The van der Waals surface area contributed by atoms with Crippen LogP contribution in [0, 0.1) is 19.8 Å². The van der Waals surface area contributed by atoms with Gasteiger partial charge in [-0.05, 0) is 45.7 Å². The summed E-state index contributed by atoms with van der Waals surface area (Å²) in [6, 6.07) is 0. The van der Waals surface area contributed by atoms with E-state index in [2.05, 4.69) is 23.8 Å². The lowest BCUT2D eigenvalue weighted by atomic mass is 9.97. The minimum atomic E-state index is 0.682. The van der Waals surface area contributed by atoms with Gasteiger partial charge in [-0.2, -0.15) is 5.10 Å². The summed E-state index contributed by atoms with van der Waals surface area (Å²) in [5, 5.41) is 4.48. The summed E-state index contributed by atoms with van der Waals surface area (Å²) >= 11 is 0. The Labute approximate surface area is 104 Å². The van der Waals surface area contributed by atoms with Gasteiger partial charge < -0.3 is 5.73 Å². The maximum absolute atomic E-state index is 5.78. The molecule has 0 radical (unpaired) electrons. The molecule has 1 aromatic rings. The van der Waals surface area contributed by atoms with Gasteiger partial charge in [0.1, 0.15) is 0 Å². The minimum Gasteiger partial charge on any atom is -0.330 e. The van der Waals surface area contributed by atoms with Crippen LogP contribution < -0.4 is 5.73 Å². The number of nitrogens with zero attached hydrogens (tertiary/aromatic N) is 3. The van der Waals surface area contributed by atoms with E-state index in [1.807, 2.05) is 11.7 Å². The highest BCUT2D eigenvalue weighted by atomic mass is 15.3. The molecule has 96 valence electrons. The van der Waals surface area contributed by atoms with Crippen molar-refractivity contribution in [3.63, 3.8) is 0 Å². The fraction of sp³-hybridized carbons (Fsp3) is 0.769. The van der Waals surface area contributed by atoms with Crippen LogP contribution in [-0.2, 0) is 13.6 Å². The molecule has 1 atom stereocenters. The van der Waals surface area contributed by atoms with E-state index in [0.29, 0.717) is 5.92 Å². The van der Waals surface area contributed by atoms with Gasteiger partial charge in [-0.25, -0.2) is 0 Å². The van der Waals surface area contributed by atoms with Gasteiger partial charge in [-0.3, -0.25) is 9.58 Å². The number of aryl methyl sites for hydroxylation is 2. The fourth-order valence-electron chi connectivity index (χ4n) is 2.76. The topological polar surface area (TPSA) is 47.1 Å². The molecule has 0 bridgehead atoms. The molecule has 0 aliphatic carbocycles. The molecule has 2 heterocycles. The zero-order valence-corrected chi connectivity index (χ0v) is 11.2. The monoisotopic (exact) mass is 236 g/mol. The van der Waals surface area contributed by atoms with Gasteiger partial charge in [-0.15, -0.1) is 0 Å². The SMILES string of the molecule is Cc1nn(C)c(C)c1CN1CCC[C@@H](CN)C1. The number of hydrogen-bond donors (Lipinski definition) is 1. The summed E-state index contributed by atoms with van der Waals surface area (Å²) < 4.78 is 1.98. The molecular weight excluding hydrogens is 212 g/mol. The first kappa shape index (κ1) is 12.6. The van der Waals surface area contributed by atoms with Crippen LogP contribution in [-0.4, -0.2) is 34.3 Å². The maximum atomic E-state index is 5.78. The predicted octanol–water partition coefficient (Wildman–Crippen LogP) is 1.21. The Kier molecular flexibility index (Phi) is 3.84. The Morgan fingerprint density at radius 3 is 2.76 bits per heavy atom. The number of likely N-dealkylation sites (tertiary alicyclic amines) is 1. The molecule has 1 aliphatic rings. The molecule has 0 unspecified atom stereocenters. The molecule has 2 N–H and O–H groups in total. The molecule has 1 aliphatic heterocycles. The van der Waals surface area contributed by atoms with Crippen LogP contribution in [0.1, 0.15) is 29.8 Å². The Hall–Kier alpha value is -0.870. The molecule has 0 amide bonds. The van der Waals surface area contributed by atoms with E-state index in [9.17, 15) is 0 Å². The predicted molar refractivity (Wildman–Crippen MR) is 69.7 cm³/mol. The molecule has 17 heavy (non-hydrogen) atoms. The molecule has 0 saturated carbocycles. The van der Waals surface area contributed by atoms with Gasteiger partial charge in [0.25, 0.3) is 0 Å². The summed E-state index contributed by atoms with van der Waals surface area (Å²) in [5.41, 5.74) is 9.63. The van der Waals surface area contributed by atoms with E-state index in [-0.39, 0.29) is 0 Å². The van der Waals surface area contributed by atoms with Crippen LogP contribution in [0.3, 0.4) is 0 Å². The van der Waals surface area contributed by atoms with Gasteiger partial charge in [0.05, 0.1) is 5.69 Å². The highest BCUT2D eigenvalue weighted by molar-refractivity contribution is 5.24. The van der Waals surface area contributed by atoms with E-state index in [1.165, 1.54) is 36.3 Å². The molecule has 2 rings (SSSR count). The number of rotatable bonds is 3. The van der Waals surface area contributed by atoms with Gasteiger partial charge in [0.2, 0.25) is 0 Å². The average Bonchev–Trinajstić information content (AvgIpc) is 2.56. The van der Waals surface area contributed by atoms with Crippen molar-refractivity contribution in [2.24, 2.45) is 18.7 Å². The highest BCUT2D eigenvalue weighted by Crippen LogP contribution is 2.20. The first-order valence-corrected chi connectivity index (χ1v) is 6.53. The van der Waals surface area contributed by atoms with Gasteiger partial charge in [0.15, 0.2) is 0 Å². The van der Waals surface area contributed by atoms with Gasteiger partial charge in [0, 0.05) is 31.4 Å². The van der Waals surface area contributed by atoms with Crippen molar-refractivity contribution in [1.82, 2.24) is 14.7 Å². The zero-order valence-electron chi connectivity index (χ0n) is 11.2. The van der Waals surface area contributed by atoms with Crippen molar-refractivity contribution in [3.8, 4) is 0 Å². The smallest absolute Gasteiger partial charge is 0.0641 e. The van der Waals surface area contributed by atoms with Crippen molar-refractivity contribution in [1.29, 1.82) is 0 Å². The lowest BCUT2D eigenvalue weighted by Crippen LogP contribution is -2.38. The summed E-state index contributed by atoms with van der Waals surface area (Å²) in [6.07, 6.45) is 2.57. The van der Waals surface area contributed by atoms with Crippen LogP contribution in [0.2, 0.25) is 0 Å². The molecule has 0 aromatic carbocycles. The van der Waals surface area contributed by atoms with E-state index in [1.54, 1.807) is 0 Å². The van der Waals surface area contributed by atoms with E-state index < -0.39 is 0 Å². The van der Waals surface area contributed by atoms with Crippen LogP contribution in [0.25, 0.3) is 0 Å². The average molecular weight is 236 g/mol. The molecule has 4 nitrogen and oxygen atoms in total. The highest BCUT2D eigenvalue weighted by Gasteiger charge is 2.20. The largest absolute Gasteiger partial charge is 0.330 e. The second-order valence-corrected chi connectivity index (χ2v) is 5.25. The molecule has 1 fully saturated rings. The van der Waals surface area contributed by atoms with Crippen LogP contribution in [0.5, 0.6) is 0 Å². The fourth-order valence-corrected chi connectivity index (χ4v) is 2.76. The summed E-state index contributed by atoms with van der Waals surface area (Å²) in [6.45, 7) is 8.45. The molecule has 4 heteroatoms. The quantitative estimate of drug-likeness (QED) is 0.858. The van der Waals surface area contributed by atoms with Crippen LogP contribution in [0.15, 0.2) is 0 Å². The lowest BCUT2D eigenvalue weighted by molar-refractivity contribution is 0.170. The second kappa shape index (κ2) is 5.19. The molecule has 0 spiro atoms. The van der Waals surface area contributed by atoms with Crippen molar-refractivity contribution in [3.05, 3.63) is 17.0 Å². The molecule has 1 saturated heterocycles. The number of hydrogen-bond acceptors (Lipinski definition) is 3. The van der Waals surface area contributed by atoms with E-state index >= 15 is 0 Å². The van der Waals surface area contributed by atoms with Gasteiger partial charge >= 0.3 is 0 Å². The summed E-state index contributed by atoms with van der Waals surface area (Å²) in [5.74, 6) is 0.682. The third-order valence-corrected chi connectivity index (χ3v) is 3.98. The lowest BCUT2D eigenvalue weighted by Gasteiger charge is -2.32. The second-order valence-electron chi connectivity index (χ2n) is 5.25. The van der Waals surface area contributed by atoms with Crippen molar-refractivity contribution in [2.75, 3.05) is 19.6 Å².